The van der Waals surface area contributed by atoms with Gasteiger partial charge in [0.25, 0.3) is 0 Å². The summed E-state index contributed by atoms with van der Waals surface area (Å²) in [7, 11) is 0. The van der Waals surface area contributed by atoms with Crippen LogP contribution in [0.3, 0.4) is 0 Å². The van der Waals surface area contributed by atoms with E-state index in [1.807, 2.05) is 0 Å². The average Bonchev–Trinajstić information content (AvgIpc) is 2.89. The van der Waals surface area contributed by atoms with E-state index in [0.29, 0.717) is 45.2 Å². The van der Waals surface area contributed by atoms with Crippen molar-refractivity contribution < 1.29 is 19.5 Å². The number of carboxylic acid groups (broad SMARTS) is 1. The first-order valence-electron chi connectivity index (χ1n) is 7.05. The maximum absolute atomic E-state index is 12.0. The Morgan fingerprint density at radius 3 is 2.20 bits per heavy atom. The smallest absolute Gasteiger partial charge is 0.317 e. The van der Waals surface area contributed by atoms with Crippen molar-refractivity contribution >= 4 is 17.9 Å². The minimum atomic E-state index is -0.751. The molecule has 2 rings (SSSR count). The molecule has 1 atom stereocenters. The molecule has 112 valence electrons. The molecule has 7 heteroatoms. The number of aliphatic carboxylic acids is 1. The minimum Gasteiger partial charge on any atom is -0.481 e. The molecule has 0 bridgehead atoms. The Hall–Kier alpha value is -1.79. The minimum absolute atomic E-state index is 0.0331. The van der Waals surface area contributed by atoms with Gasteiger partial charge in [-0.15, -0.1) is 0 Å². The molecule has 3 amide bonds. The Bertz CT molecular complexity index is 404. The summed E-state index contributed by atoms with van der Waals surface area (Å²) >= 11 is 0. The standard InChI is InChI=1S/C13H21N3O4/c14-11(17)9-5-6-16(7-9)13(20)15-10-3-1-8(2-4-10)12(18)19/h8-10H,1-7H2,(H2,14,17)(H,15,20)(H,18,19). The van der Waals surface area contributed by atoms with Gasteiger partial charge in [-0.3, -0.25) is 9.59 Å². The van der Waals surface area contributed by atoms with Crippen LogP contribution in [0.25, 0.3) is 0 Å². The number of primary amides is 1. The Kier molecular flexibility index (Phi) is 4.46. The van der Waals surface area contributed by atoms with Crippen LogP contribution in [0, 0.1) is 11.8 Å². The average molecular weight is 283 g/mol. The molecule has 0 radical (unpaired) electrons. The number of nitrogens with zero attached hydrogens (tertiary/aromatic N) is 1. The monoisotopic (exact) mass is 283 g/mol. The van der Waals surface area contributed by atoms with E-state index < -0.39 is 5.97 Å². The molecule has 1 saturated carbocycles. The first-order valence-corrected chi connectivity index (χ1v) is 7.05. The number of likely N-dealkylation sites (tertiary alicyclic amines) is 1. The lowest BCUT2D eigenvalue weighted by atomic mass is 9.86. The predicted molar refractivity (Wildman–Crippen MR) is 70.8 cm³/mol. The van der Waals surface area contributed by atoms with Gasteiger partial charge in [0, 0.05) is 19.1 Å². The maximum Gasteiger partial charge on any atom is 0.317 e. The summed E-state index contributed by atoms with van der Waals surface area (Å²) in [4.78, 5) is 35.6. The molecule has 0 spiro atoms. The number of hydrogen-bond acceptors (Lipinski definition) is 3. The highest BCUT2D eigenvalue weighted by atomic mass is 16.4. The molecule has 1 heterocycles. The van der Waals surface area contributed by atoms with Crippen molar-refractivity contribution in [1.29, 1.82) is 0 Å². The Morgan fingerprint density at radius 1 is 1.05 bits per heavy atom. The highest BCUT2D eigenvalue weighted by Crippen LogP contribution is 2.25. The fraction of sp³-hybridized carbons (Fsp3) is 0.769. The number of rotatable bonds is 3. The summed E-state index contributed by atoms with van der Waals surface area (Å²) in [6.07, 6.45) is 3.20. The molecule has 1 unspecified atom stereocenters. The van der Waals surface area contributed by atoms with E-state index in [0.717, 1.165) is 0 Å². The van der Waals surface area contributed by atoms with Gasteiger partial charge in [0.05, 0.1) is 11.8 Å². The van der Waals surface area contributed by atoms with E-state index in [2.05, 4.69) is 5.32 Å². The number of carbonyl (C=O) groups excluding carboxylic acids is 2. The lowest BCUT2D eigenvalue weighted by molar-refractivity contribution is -0.142. The van der Waals surface area contributed by atoms with Gasteiger partial charge in [-0.1, -0.05) is 0 Å². The van der Waals surface area contributed by atoms with E-state index in [-0.39, 0.29) is 29.8 Å². The van der Waals surface area contributed by atoms with E-state index in [9.17, 15) is 14.4 Å². The molecule has 1 aliphatic heterocycles. The van der Waals surface area contributed by atoms with Gasteiger partial charge in [0.2, 0.25) is 5.91 Å². The predicted octanol–water partition coefficient (Wildman–Crippen LogP) is 0.147. The van der Waals surface area contributed by atoms with Crippen molar-refractivity contribution in [1.82, 2.24) is 10.2 Å². The molecule has 4 N–H and O–H groups in total. The molecule has 2 fully saturated rings. The van der Waals surface area contributed by atoms with Gasteiger partial charge in [-0.25, -0.2) is 4.79 Å². The number of carboxylic acids is 1. The molecule has 0 aromatic carbocycles. The molecule has 20 heavy (non-hydrogen) atoms. The fourth-order valence-corrected chi connectivity index (χ4v) is 2.93. The number of amides is 3. The summed E-state index contributed by atoms with van der Waals surface area (Å²) < 4.78 is 0. The van der Waals surface area contributed by atoms with Crippen LogP contribution in [-0.4, -0.2) is 47.0 Å². The van der Waals surface area contributed by atoms with Crippen LogP contribution in [0.2, 0.25) is 0 Å². The van der Waals surface area contributed by atoms with Gasteiger partial charge < -0.3 is 21.1 Å². The molecule has 0 aromatic heterocycles. The van der Waals surface area contributed by atoms with Crippen LogP contribution in [0.5, 0.6) is 0 Å². The number of nitrogens with one attached hydrogen (secondary N) is 1. The second-order valence-electron chi connectivity index (χ2n) is 5.67. The highest BCUT2D eigenvalue weighted by molar-refractivity contribution is 5.80. The number of hydrogen-bond donors (Lipinski definition) is 3. The summed E-state index contributed by atoms with van der Waals surface area (Å²) in [5.41, 5.74) is 5.24. The van der Waals surface area contributed by atoms with Crippen LogP contribution in [0.4, 0.5) is 4.79 Å². The van der Waals surface area contributed by atoms with Crippen molar-refractivity contribution in [2.45, 2.75) is 38.1 Å². The van der Waals surface area contributed by atoms with Crippen LogP contribution in [0.1, 0.15) is 32.1 Å². The van der Waals surface area contributed by atoms with E-state index in [1.54, 1.807) is 4.90 Å². The van der Waals surface area contributed by atoms with Crippen LogP contribution in [-0.2, 0) is 9.59 Å². The summed E-state index contributed by atoms with van der Waals surface area (Å²) in [5.74, 6) is -1.64. The van der Waals surface area contributed by atoms with Crippen LogP contribution in [0.15, 0.2) is 0 Å². The first-order chi connectivity index (χ1) is 9.47. The highest BCUT2D eigenvalue weighted by Gasteiger charge is 2.32. The second-order valence-corrected chi connectivity index (χ2v) is 5.67. The van der Waals surface area contributed by atoms with Gasteiger partial charge in [0.1, 0.15) is 0 Å². The van der Waals surface area contributed by atoms with Gasteiger partial charge in [-0.2, -0.15) is 0 Å². The number of nitrogens with two attached hydrogens (primary N) is 1. The maximum atomic E-state index is 12.0. The summed E-state index contributed by atoms with van der Waals surface area (Å²) in [5, 5.41) is 11.8. The Labute approximate surface area is 117 Å². The van der Waals surface area contributed by atoms with E-state index in [4.69, 9.17) is 10.8 Å². The topological polar surface area (TPSA) is 113 Å². The molecule has 7 nitrogen and oxygen atoms in total. The number of carbonyl (C=O) groups is 3. The first kappa shape index (κ1) is 14.6. The quantitative estimate of drug-likeness (QED) is 0.684. The third-order valence-electron chi connectivity index (χ3n) is 4.28. The molecular formula is C13H21N3O4. The van der Waals surface area contributed by atoms with E-state index in [1.165, 1.54) is 0 Å². The molecule has 1 aliphatic carbocycles. The van der Waals surface area contributed by atoms with Crippen LogP contribution < -0.4 is 11.1 Å². The Morgan fingerprint density at radius 2 is 1.70 bits per heavy atom. The molecule has 0 aromatic rings. The zero-order valence-electron chi connectivity index (χ0n) is 11.4. The van der Waals surface area contributed by atoms with Crippen molar-refractivity contribution in [3.05, 3.63) is 0 Å². The van der Waals surface area contributed by atoms with Crippen molar-refractivity contribution in [3.8, 4) is 0 Å². The fourth-order valence-electron chi connectivity index (χ4n) is 2.93. The third kappa shape index (κ3) is 3.40. The van der Waals surface area contributed by atoms with Gasteiger partial charge in [-0.05, 0) is 32.1 Å². The van der Waals surface area contributed by atoms with E-state index >= 15 is 0 Å². The zero-order chi connectivity index (χ0) is 14.7. The second kappa shape index (κ2) is 6.11. The van der Waals surface area contributed by atoms with Crippen LogP contribution >= 0.6 is 0 Å². The lowest BCUT2D eigenvalue weighted by Crippen LogP contribution is -2.45. The third-order valence-corrected chi connectivity index (χ3v) is 4.28. The van der Waals surface area contributed by atoms with Crippen molar-refractivity contribution in [2.24, 2.45) is 17.6 Å². The Balaban J connectivity index is 1.76. The zero-order valence-corrected chi connectivity index (χ0v) is 11.4. The SMILES string of the molecule is NC(=O)C1CCN(C(=O)NC2CCC(C(=O)O)CC2)C1. The summed E-state index contributed by atoms with van der Waals surface area (Å²) in [6, 6.07) is -0.141. The van der Waals surface area contributed by atoms with Crippen molar-refractivity contribution in [2.75, 3.05) is 13.1 Å². The lowest BCUT2D eigenvalue weighted by Gasteiger charge is -2.28. The molecule has 1 saturated heterocycles. The largest absolute Gasteiger partial charge is 0.481 e. The normalized spacial score (nSPS) is 30.0. The van der Waals surface area contributed by atoms with Gasteiger partial charge in [0.15, 0.2) is 0 Å². The molecular weight excluding hydrogens is 262 g/mol. The summed E-state index contributed by atoms with van der Waals surface area (Å²) in [6.45, 7) is 0.926. The van der Waals surface area contributed by atoms with Gasteiger partial charge >= 0.3 is 12.0 Å². The van der Waals surface area contributed by atoms with Crippen molar-refractivity contribution in [3.63, 3.8) is 0 Å². The number of urea groups is 1. The molecule has 2 aliphatic rings.